The number of fused-ring (bicyclic) bond motifs is 1. The smallest absolute Gasteiger partial charge is 0.297 e. The molecule has 8 nitrogen and oxygen atoms in total. The number of aryl methyl sites for hydroxylation is 2. The van der Waals surface area contributed by atoms with Crippen LogP contribution >= 0.6 is 0 Å². The lowest BCUT2D eigenvalue weighted by molar-refractivity contribution is -0.681. The van der Waals surface area contributed by atoms with Crippen LogP contribution in [-0.2, 0) is 13.6 Å². The highest BCUT2D eigenvalue weighted by Gasteiger charge is 2.14. The fraction of sp³-hybridized carbons (Fsp3) is 0.250. The van der Waals surface area contributed by atoms with Gasteiger partial charge in [0.1, 0.15) is 11.7 Å². The van der Waals surface area contributed by atoms with E-state index >= 15 is 0 Å². The molecule has 0 unspecified atom stereocenters. The molecular formula is C12H15N8+. The number of rotatable bonds is 2. The van der Waals surface area contributed by atoms with Crippen LogP contribution in [0, 0.1) is 12.3 Å². The first-order valence-electron chi connectivity index (χ1n) is 6.11. The maximum absolute atomic E-state index is 7.72. The summed E-state index contributed by atoms with van der Waals surface area (Å²) < 4.78 is 3.76. The summed E-state index contributed by atoms with van der Waals surface area (Å²) in [7, 11) is 1.92. The molecule has 0 aromatic carbocycles. The van der Waals surface area contributed by atoms with Gasteiger partial charge in [-0.1, -0.05) is 0 Å². The number of nitrogens with one attached hydrogen (secondary N) is 2. The van der Waals surface area contributed by atoms with Crippen LogP contribution in [0.2, 0.25) is 0 Å². The van der Waals surface area contributed by atoms with E-state index in [0.717, 1.165) is 11.4 Å². The number of imidazole rings is 1. The molecule has 3 aromatic heterocycles. The van der Waals surface area contributed by atoms with Gasteiger partial charge in [0, 0.05) is 6.92 Å². The predicted molar refractivity (Wildman–Crippen MR) is 71.4 cm³/mol. The first kappa shape index (κ1) is 12.3. The van der Waals surface area contributed by atoms with Crippen molar-refractivity contribution < 1.29 is 4.57 Å². The van der Waals surface area contributed by atoms with Crippen LogP contribution in [0.5, 0.6) is 0 Å². The molecule has 0 aliphatic heterocycles. The van der Waals surface area contributed by atoms with Gasteiger partial charge in [0.2, 0.25) is 5.82 Å². The summed E-state index contributed by atoms with van der Waals surface area (Å²) >= 11 is 0. The molecule has 0 saturated carbocycles. The molecule has 0 amide bonds. The van der Waals surface area contributed by atoms with E-state index in [1.807, 2.05) is 29.3 Å². The number of anilines is 1. The molecule has 4 N–H and O–H groups in total. The van der Waals surface area contributed by atoms with Crippen molar-refractivity contribution in [1.82, 2.24) is 24.5 Å². The van der Waals surface area contributed by atoms with Crippen LogP contribution < -0.4 is 15.8 Å². The van der Waals surface area contributed by atoms with E-state index in [1.54, 1.807) is 12.7 Å². The van der Waals surface area contributed by atoms with Crippen molar-refractivity contribution in [3.8, 4) is 0 Å². The largest absolute Gasteiger partial charge is 0.362 e. The average molecular weight is 271 g/mol. The normalized spacial score (nSPS) is 11.1. The molecule has 0 bridgehead atoms. The minimum Gasteiger partial charge on any atom is -0.362 e. The lowest BCUT2D eigenvalue weighted by Crippen LogP contribution is -2.34. The third kappa shape index (κ3) is 1.91. The molecule has 0 atom stereocenters. The Morgan fingerprint density at radius 2 is 2.25 bits per heavy atom. The van der Waals surface area contributed by atoms with Crippen LogP contribution in [0.25, 0.3) is 11.2 Å². The van der Waals surface area contributed by atoms with Gasteiger partial charge in [-0.05, 0) is 4.98 Å². The predicted octanol–water partition coefficient (Wildman–Crippen LogP) is -0.603. The molecule has 3 rings (SSSR count). The standard InChI is InChI=1S/C12H14N8/c1-7-18-10(13)8(3-19(7)2)4-20-6-17-11(14)9-12(20)16-5-15-9/h3,5-6,13H,4H2,1-2H3,(H2,14,15,16)/p+1. The van der Waals surface area contributed by atoms with Crippen molar-refractivity contribution >= 4 is 17.0 Å². The van der Waals surface area contributed by atoms with Gasteiger partial charge in [-0.2, -0.15) is 0 Å². The first-order valence-corrected chi connectivity index (χ1v) is 6.11. The highest BCUT2D eigenvalue weighted by molar-refractivity contribution is 5.68. The van der Waals surface area contributed by atoms with Gasteiger partial charge in [0.05, 0.1) is 31.8 Å². The topological polar surface area (TPSA) is 113 Å². The van der Waals surface area contributed by atoms with Crippen molar-refractivity contribution in [2.75, 3.05) is 5.73 Å². The number of nitrogens with zero attached hydrogens (tertiary/aromatic N) is 5. The van der Waals surface area contributed by atoms with Crippen LogP contribution in [0.1, 0.15) is 11.4 Å². The van der Waals surface area contributed by atoms with Crippen molar-refractivity contribution in [2.45, 2.75) is 13.5 Å². The number of nitrogens with two attached hydrogens (primary N) is 1. The zero-order valence-corrected chi connectivity index (χ0v) is 11.3. The fourth-order valence-electron chi connectivity index (χ4n) is 2.07. The lowest BCUT2D eigenvalue weighted by atomic mass is 10.3. The van der Waals surface area contributed by atoms with Crippen LogP contribution in [-0.4, -0.2) is 24.5 Å². The zero-order chi connectivity index (χ0) is 14.3. The maximum atomic E-state index is 7.72. The van der Waals surface area contributed by atoms with E-state index in [9.17, 15) is 0 Å². The van der Waals surface area contributed by atoms with Crippen LogP contribution in [0.4, 0.5) is 5.82 Å². The summed E-state index contributed by atoms with van der Waals surface area (Å²) in [4.78, 5) is 15.5. The van der Waals surface area contributed by atoms with E-state index in [2.05, 4.69) is 19.9 Å². The van der Waals surface area contributed by atoms with Crippen molar-refractivity contribution in [3.05, 3.63) is 35.7 Å². The average Bonchev–Trinajstić information content (AvgIpc) is 2.89. The summed E-state index contributed by atoms with van der Waals surface area (Å²) in [6.07, 6.45) is 5.08. The minimum atomic E-state index is 0.175. The molecule has 0 spiro atoms. The van der Waals surface area contributed by atoms with Gasteiger partial charge in [-0.3, -0.25) is 5.41 Å². The quantitative estimate of drug-likeness (QED) is 0.540. The second-order valence-corrected chi connectivity index (χ2v) is 4.63. The van der Waals surface area contributed by atoms with Gasteiger partial charge < -0.3 is 15.3 Å². The highest BCUT2D eigenvalue weighted by atomic mass is 15.1. The number of aromatic nitrogens is 6. The Bertz CT molecular complexity index is 844. The van der Waals surface area contributed by atoms with Crippen molar-refractivity contribution in [3.63, 3.8) is 0 Å². The van der Waals surface area contributed by atoms with Gasteiger partial charge >= 0.3 is 0 Å². The second-order valence-electron chi connectivity index (χ2n) is 4.63. The van der Waals surface area contributed by atoms with E-state index in [1.165, 1.54) is 0 Å². The minimum absolute atomic E-state index is 0.175. The van der Waals surface area contributed by atoms with E-state index < -0.39 is 0 Å². The molecule has 20 heavy (non-hydrogen) atoms. The number of hydrogen-bond acceptors (Lipinski definition) is 5. The molecule has 0 radical (unpaired) electrons. The third-order valence-corrected chi connectivity index (χ3v) is 3.27. The van der Waals surface area contributed by atoms with E-state index in [-0.39, 0.29) is 5.49 Å². The Labute approximate surface area is 114 Å². The van der Waals surface area contributed by atoms with Crippen LogP contribution in [0.3, 0.4) is 0 Å². The SMILES string of the molecule is Cc1nc(N)c(Cn2cnc(=N)c3[nH]cnc32)c[n+]1C. The zero-order valence-electron chi connectivity index (χ0n) is 11.3. The summed E-state index contributed by atoms with van der Waals surface area (Å²) in [6, 6.07) is 0. The Morgan fingerprint density at radius 3 is 3.05 bits per heavy atom. The Hall–Kier alpha value is -2.77. The number of hydrogen-bond donors (Lipinski definition) is 3. The number of H-pyrrole nitrogens is 1. The molecule has 3 aromatic rings. The monoisotopic (exact) mass is 271 g/mol. The van der Waals surface area contributed by atoms with Crippen LogP contribution in [0.15, 0.2) is 18.9 Å². The number of nitrogen functional groups attached to an aromatic ring is 1. The second kappa shape index (κ2) is 4.41. The molecule has 0 saturated heterocycles. The molecular weight excluding hydrogens is 256 g/mol. The van der Waals surface area contributed by atoms with E-state index in [0.29, 0.717) is 23.5 Å². The molecule has 3 heterocycles. The van der Waals surface area contributed by atoms with Gasteiger partial charge in [-0.25, -0.2) is 14.5 Å². The summed E-state index contributed by atoms with van der Waals surface area (Å²) in [5.74, 6) is 1.34. The fourth-order valence-corrected chi connectivity index (χ4v) is 2.07. The molecule has 8 heteroatoms. The molecule has 0 aliphatic rings. The Morgan fingerprint density at radius 1 is 1.45 bits per heavy atom. The summed E-state index contributed by atoms with van der Waals surface area (Å²) in [5.41, 5.74) is 8.30. The van der Waals surface area contributed by atoms with Crippen molar-refractivity contribution in [2.24, 2.45) is 7.05 Å². The third-order valence-electron chi connectivity index (χ3n) is 3.27. The Balaban J connectivity index is 2.10. The summed E-state index contributed by atoms with van der Waals surface area (Å²) in [6.45, 7) is 2.40. The van der Waals surface area contributed by atoms with Gasteiger partial charge in [-0.15, -0.1) is 0 Å². The molecule has 0 aliphatic carbocycles. The summed E-state index contributed by atoms with van der Waals surface area (Å²) in [5, 5.41) is 7.72. The maximum Gasteiger partial charge on any atom is 0.297 e. The first-order chi connectivity index (χ1) is 9.56. The molecule has 102 valence electrons. The van der Waals surface area contributed by atoms with Gasteiger partial charge in [0.15, 0.2) is 11.1 Å². The Kier molecular flexibility index (Phi) is 2.70. The van der Waals surface area contributed by atoms with Crippen molar-refractivity contribution in [1.29, 1.82) is 5.41 Å². The lowest BCUT2D eigenvalue weighted by Gasteiger charge is -2.07. The number of aromatic amines is 1. The molecule has 0 fully saturated rings. The highest BCUT2D eigenvalue weighted by Crippen LogP contribution is 2.11. The van der Waals surface area contributed by atoms with E-state index in [4.69, 9.17) is 11.1 Å². The van der Waals surface area contributed by atoms with Gasteiger partial charge in [0.25, 0.3) is 5.82 Å².